The number of anilines is 1. The molecule has 0 aliphatic carbocycles. The van der Waals surface area contributed by atoms with Gasteiger partial charge in [-0.05, 0) is 56.2 Å². The third-order valence-corrected chi connectivity index (χ3v) is 5.94. The van der Waals surface area contributed by atoms with Crippen LogP contribution in [-0.4, -0.2) is 37.9 Å². The highest BCUT2D eigenvalue weighted by molar-refractivity contribution is 9.10. The van der Waals surface area contributed by atoms with Crippen LogP contribution >= 0.6 is 15.9 Å². The Morgan fingerprint density at radius 1 is 1.23 bits per heavy atom. The number of nitrogens with one attached hydrogen (secondary N) is 1. The van der Waals surface area contributed by atoms with Crippen molar-refractivity contribution in [1.82, 2.24) is 19.3 Å². The fourth-order valence-corrected chi connectivity index (χ4v) is 4.19. The Balaban J connectivity index is 1.54. The number of benzene rings is 2. The van der Waals surface area contributed by atoms with Gasteiger partial charge in [0.2, 0.25) is 5.95 Å². The Morgan fingerprint density at radius 2 is 2.03 bits per heavy atom. The molecule has 5 rings (SSSR count). The number of halogens is 1. The van der Waals surface area contributed by atoms with Gasteiger partial charge < -0.3 is 14.6 Å². The minimum atomic E-state index is -0.199. The molecule has 1 fully saturated rings. The van der Waals surface area contributed by atoms with Crippen molar-refractivity contribution in [3.05, 3.63) is 70.3 Å². The van der Waals surface area contributed by atoms with E-state index in [0.717, 1.165) is 40.6 Å². The van der Waals surface area contributed by atoms with Gasteiger partial charge in [0, 0.05) is 22.7 Å². The third kappa shape index (κ3) is 4.00. The molecule has 2 aromatic carbocycles. The van der Waals surface area contributed by atoms with Crippen LogP contribution < -0.4 is 5.32 Å². The van der Waals surface area contributed by atoms with Crippen molar-refractivity contribution in [2.45, 2.75) is 32.4 Å². The number of imidazole rings is 1. The number of hydrogen-bond acceptors (Lipinski definition) is 4. The molecule has 0 bridgehead atoms. The summed E-state index contributed by atoms with van der Waals surface area (Å²) in [7, 11) is 0. The summed E-state index contributed by atoms with van der Waals surface area (Å²) >= 11 is 3.40. The van der Waals surface area contributed by atoms with E-state index in [1.165, 1.54) is 0 Å². The van der Waals surface area contributed by atoms with Crippen LogP contribution in [0.15, 0.2) is 59.1 Å². The number of carbonyl (C=O) groups is 1. The molecule has 1 N–H and O–H groups in total. The summed E-state index contributed by atoms with van der Waals surface area (Å²) in [6.45, 7) is 3.38. The lowest BCUT2D eigenvalue weighted by atomic mass is 10.2. The Labute approximate surface area is 188 Å². The first kappa shape index (κ1) is 20.0. The van der Waals surface area contributed by atoms with E-state index in [1.807, 2.05) is 43.3 Å². The topological polar surface area (TPSA) is 74.0 Å². The number of ether oxygens (including phenoxy) is 1. The zero-order valence-electron chi connectivity index (χ0n) is 17.1. The average molecular weight is 480 g/mol. The highest BCUT2D eigenvalue weighted by atomic mass is 79.9. The number of para-hydroxylation sites is 2. The molecule has 2 aromatic heterocycles. The number of carbonyl (C=O) groups excluding carboxylic acids is 1. The van der Waals surface area contributed by atoms with Gasteiger partial charge in [0.1, 0.15) is 5.82 Å². The third-order valence-electron chi connectivity index (χ3n) is 5.41. The van der Waals surface area contributed by atoms with Crippen LogP contribution in [0, 0.1) is 6.92 Å². The van der Waals surface area contributed by atoms with Crippen molar-refractivity contribution in [2.24, 2.45) is 0 Å². The molecule has 0 spiro atoms. The molecule has 1 saturated heterocycles. The highest BCUT2D eigenvalue weighted by Gasteiger charge is 2.23. The van der Waals surface area contributed by atoms with E-state index in [1.54, 1.807) is 16.8 Å². The van der Waals surface area contributed by atoms with E-state index in [4.69, 9.17) is 9.72 Å². The summed E-state index contributed by atoms with van der Waals surface area (Å²) in [6, 6.07) is 17.1. The summed E-state index contributed by atoms with van der Waals surface area (Å²) in [5.41, 5.74) is 3.27. The molecule has 1 aliphatic heterocycles. The molecule has 158 valence electrons. The van der Waals surface area contributed by atoms with Crippen LogP contribution in [-0.2, 0) is 11.3 Å². The molecular formula is C23H22BrN5O2. The minimum Gasteiger partial charge on any atom is -0.376 e. The molecule has 1 amide bonds. The summed E-state index contributed by atoms with van der Waals surface area (Å²) in [5, 5.41) is 7.63. The summed E-state index contributed by atoms with van der Waals surface area (Å²) in [4.78, 5) is 17.7. The SMILES string of the molecule is Cc1cc(NC(=O)c2ccc(Br)cc2)n(-c2nc3ccccc3n2CC2CCCO2)n1. The lowest BCUT2D eigenvalue weighted by Gasteiger charge is -2.15. The highest BCUT2D eigenvalue weighted by Crippen LogP contribution is 2.25. The van der Waals surface area contributed by atoms with Crippen molar-refractivity contribution in [3.8, 4) is 5.95 Å². The van der Waals surface area contributed by atoms with Crippen LogP contribution in [0.2, 0.25) is 0 Å². The van der Waals surface area contributed by atoms with Crippen LogP contribution in [0.3, 0.4) is 0 Å². The maximum Gasteiger partial charge on any atom is 0.256 e. The van der Waals surface area contributed by atoms with Gasteiger partial charge in [-0.15, -0.1) is 0 Å². The number of hydrogen-bond donors (Lipinski definition) is 1. The van der Waals surface area contributed by atoms with E-state index < -0.39 is 0 Å². The van der Waals surface area contributed by atoms with Crippen molar-refractivity contribution < 1.29 is 9.53 Å². The lowest BCUT2D eigenvalue weighted by molar-refractivity contribution is 0.0976. The van der Waals surface area contributed by atoms with Crippen LogP contribution in [0.1, 0.15) is 28.9 Å². The van der Waals surface area contributed by atoms with Crippen molar-refractivity contribution in [1.29, 1.82) is 0 Å². The number of aryl methyl sites for hydroxylation is 1. The second-order valence-corrected chi connectivity index (χ2v) is 8.61. The number of aromatic nitrogens is 4. The smallest absolute Gasteiger partial charge is 0.256 e. The maximum absolute atomic E-state index is 12.8. The second-order valence-electron chi connectivity index (χ2n) is 7.69. The van der Waals surface area contributed by atoms with E-state index in [0.29, 0.717) is 23.9 Å². The largest absolute Gasteiger partial charge is 0.376 e. The fraction of sp³-hybridized carbons (Fsp3) is 0.261. The molecule has 1 unspecified atom stereocenters. The normalized spacial score (nSPS) is 16.1. The Kier molecular flexibility index (Phi) is 5.33. The van der Waals surface area contributed by atoms with Gasteiger partial charge in [-0.3, -0.25) is 4.79 Å². The Bertz CT molecular complexity index is 1240. The molecule has 4 aromatic rings. The molecular weight excluding hydrogens is 458 g/mol. The van der Waals surface area contributed by atoms with Crippen molar-refractivity contribution in [2.75, 3.05) is 11.9 Å². The number of rotatable bonds is 5. The van der Waals surface area contributed by atoms with Gasteiger partial charge in [0.15, 0.2) is 0 Å². The first-order valence-corrected chi connectivity index (χ1v) is 11.1. The predicted octanol–water partition coefficient (Wildman–Crippen LogP) is 4.72. The molecule has 7 nitrogen and oxygen atoms in total. The number of fused-ring (bicyclic) bond motifs is 1. The van der Waals surface area contributed by atoms with Crippen LogP contribution in [0.25, 0.3) is 17.0 Å². The van der Waals surface area contributed by atoms with Gasteiger partial charge in [-0.1, -0.05) is 28.1 Å². The Hall–Kier alpha value is -2.97. The van der Waals surface area contributed by atoms with E-state index >= 15 is 0 Å². The molecule has 31 heavy (non-hydrogen) atoms. The number of amides is 1. The number of nitrogens with zero attached hydrogens (tertiary/aromatic N) is 4. The van der Waals surface area contributed by atoms with E-state index in [9.17, 15) is 4.79 Å². The molecule has 1 atom stereocenters. The predicted molar refractivity (Wildman–Crippen MR) is 123 cm³/mol. The maximum atomic E-state index is 12.8. The lowest BCUT2D eigenvalue weighted by Crippen LogP contribution is -2.20. The van der Waals surface area contributed by atoms with E-state index in [2.05, 4.69) is 37.0 Å². The first-order chi connectivity index (χ1) is 15.1. The second kappa shape index (κ2) is 8.28. The van der Waals surface area contributed by atoms with Gasteiger partial charge in [0.25, 0.3) is 5.91 Å². The van der Waals surface area contributed by atoms with Crippen LogP contribution in [0.4, 0.5) is 5.82 Å². The minimum absolute atomic E-state index is 0.147. The molecule has 1 aliphatic rings. The standard InChI is InChI=1S/C23H22BrN5O2/c1-15-13-21(26-22(30)16-8-10-17(24)11-9-16)29(27-15)23-25-19-6-2-3-7-20(19)28(23)14-18-5-4-12-31-18/h2-3,6-11,13,18H,4-5,12,14H2,1H3,(H,26,30). The molecule has 8 heteroatoms. The van der Waals surface area contributed by atoms with E-state index in [-0.39, 0.29) is 12.0 Å². The van der Waals surface area contributed by atoms with Crippen LogP contribution in [0.5, 0.6) is 0 Å². The summed E-state index contributed by atoms with van der Waals surface area (Å²) < 4.78 is 10.6. The summed E-state index contributed by atoms with van der Waals surface area (Å²) in [5.74, 6) is 1.04. The Morgan fingerprint density at radius 3 is 2.81 bits per heavy atom. The molecule has 3 heterocycles. The van der Waals surface area contributed by atoms with Gasteiger partial charge >= 0.3 is 0 Å². The van der Waals surface area contributed by atoms with Crippen molar-refractivity contribution in [3.63, 3.8) is 0 Å². The zero-order valence-corrected chi connectivity index (χ0v) is 18.7. The fourth-order valence-electron chi connectivity index (χ4n) is 3.93. The zero-order chi connectivity index (χ0) is 21.4. The average Bonchev–Trinajstić information content (AvgIpc) is 3.48. The van der Waals surface area contributed by atoms with Crippen molar-refractivity contribution >= 4 is 38.7 Å². The first-order valence-electron chi connectivity index (χ1n) is 10.3. The van der Waals surface area contributed by atoms with Gasteiger partial charge in [0.05, 0.1) is 29.4 Å². The molecule has 0 radical (unpaired) electrons. The monoisotopic (exact) mass is 479 g/mol. The summed E-state index contributed by atoms with van der Waals surface area (Å²) in [6.07, 6.45) is 2.24. The molecule has 0 saturated carbocycles. The van der Waals surface area contributed by atoms with Gasteiger partial charge in [-0.25, -0.2) is 4.98 Å². The quantitative estimate of drug-likeness (QED) is 0.449. The van der Waals surface area contributed by atoms with Gasteiger partial charge in [-0.2, -0.15) is 9.78 Å².